The summed E-state index contributed by atoms with van der Waals surface area (Å²) in [5, 5.41) is 9.06. The van der Waals surface area contributed by atoms with Crippen LogP contribution in [0.3, 0.4) is 0 Å². The lowest BCUT2D eigenvalue weighted by Gasteiger charge is -2.04. The Balaban J connectivity index is 2.11. The molecule has 0 aliphatic carbocycles. The van der Waals surface area contributed by atoms with Gasteiger partial charge in [0.25, 0.3) is 5.56 Å². The molecular weight excluding hydrogens is 291 g/mol. The van der Waals surface area contributed by atoms with E-state index in [-0.39, 0.29) is 18.0 Å². The van der Waals surface area contributed by atoms with Crippen LogP contribution in [0, 0.1) is 24.6 Å². The molecule has 0 saturated heterocycles. The molecule has 108 valence electrons. The maximum absolute atomic E-state index is 13.9. The summed E-state index contributed by atoms with van der Waals surface area (Å²) in [5.41, 5.74) is 1.41. The van der Waals surface area contributed by atoms with Gasteiger partial charge in [0.1, 0.15) is 12.4 Å². The van der Waals surface area contributed by atoms with Gasteiger partial charge in [-0.15, -0.1) is 0 Å². The number of benzene rings is 1. The van der Waals surface area contributed by atoms with Gasteiger partial charge in [0.05, 0.1) is 0 Å². The van der Waals surface area contributed by atoms with E-state index >= 15 is 0 Å². The summed E-state index contributed by atoms with van der Waals surface area (Å²) in [4.78, 5) is 18.1. The molecule has 0 aliphatic heterocycles. The van der Waals surface area contributed by atoms with Crippen LogP contribution < -0.4 is 5.56 Å². The number of aromatic amines is 1. The molecule has 1 aromatic carbocycles. The Bertz CT molecular complexity index is 762. The van der Waals surface area contributed by atoms with E-state index < -0.39 is 0 Å². The number of thioether (sulfide) groups is 1. The SMILES string of the molecule is Cc1cc(=O)[nH]c(SCc2ccc(C#CCO)cc2F)n1. The molecule has 2 N–H and O–H groups in total. The Morgan fingerprint density at radius 1 is 1.43 bits per heavy atom. The van der Waals surface area contributed by atoms with Gasteiger partial charge in [-0.25, -0.2) is 9.37 Å². The lowest BCUT2D eigenvalue weighted by molar-refractivity contribution is 0.350. The molecule has 6 heteroatoms. The van der Waals surface area contributed by atoms with Crippen molar-refractivity contribution in [3.05, 3.63) is 57.3 Å². The third-order valence-electron chi connectivity index (χ3n) is 2.58. The fourth-order valence-electron chi connectivity index (χ4n) is 1.65. The fourth-order valence-corrected chi connectivity index (χ4v) is 2.56. The molecule has 0 spiro atoms. The zero-order valence-corrected chi connectivity index (χ0v) is 12.1. The van der Waals surface area contributed by atoms with E-state index in [9.17, 15) is 9.18 Å². The molecule has 0 bridgehead atoms. The first-order valence-corrected chi connectivity index (χ1v) is 7.16. The number of aliphatic hydroxyl groups is 1. The standard InChI is InChI=1S/C15H13FN2O2S/c1-10-7-14(20)18-15(17-10)21-9-12-5-4-11(3-2-6-19)8-13(12)16/h4-5,7-8,19H,6,9H2,1H3,(H,17,18,20). The molecule has 0 atom stereocenters. The molecule has 2 aromatic rings. The first-order valence-electron chi connectivity index (χ1n) is 6.17. The summed E-state index contributed by atoms with van der Waals surface area (Å²) in [7, 11) is 0. The Hall–Kier alpha value is -2.10. The summed E-state index contributed by atoms with van der Waals surface area (Å²) in [6, 6.07) is 6.05. The van der Waals surface area contributed by atoms with Crippen LogP contribution in [0.2, 0.25) is 0 Å². The van der Waals surface area contributed by atoms with Gasteiger partial charge in [0.15, 0.2) is 5.16 Å². The highest BCUT2D eigenvalue weighted by atomic mass is 32.2. The predicted octanol–water partition coefficient (Wildman–Crippen LogP) is 1.85. The number of hydrogen-bond donors (Lipinski definition) is 2. The lowest BCUT2D eigenvalue weighted by Crippen LogP contribution is -2.08. The van der Waals surface area contributed by atoms with Crippen LogP contribution in [0.5, 0.6) is 0 Å². The molecule has 1 heterocycles. The van der Waals surface area contributed by atoms with E-state index in [4.69, 9.17) is 5.11 Å². The molecule has 0 fully saturated rings. The van der Waals surface area contributed by atoms with E-state index in [0.717, 1.165) is 0 Å². The van der Waals surface area contributed by atoms with Gasteiger partial charge in [-0.1, -0.05) is 29.7 Å². The van der Waals surface area contributed by atoms with Crippen molar-refractivity contribution in [1.82, 2.24) is 9.97 Å². The van der Waals surface area contributed by atoms with Crippen LogP contribution in [0.1, 0.15) is 16.8 Å². The molecule has 4 nitrogen and oxygen atoms in total. The smallest absolute Gasteiger partial charge is 0.251 e. The van der Waals surface area contributed by atoms with Crippen molar-refractivity contribution in [2.45, 2.75) is 17.8 Å². The molecule has 0 aliphatic rings. The Kier molecular flexibility index (Phi) is 5.14. The van der Waals surface area contributed by atoms with Gasteiger partial charge in [-0.2, -0.15) is 0 Å². The number of halogens is 1. The third kappa shape index (κ3) is 4.45. The highest BCUT2D eigenvalue weighted by Crippen LogP contribution is 2.21. The van der Waals surface area contributed by atoms with Crippen LogP contribution in [0.15, 0.2) is 34.2 Å². The molecule has 1 aromatic heterocycles. The maximum atomic E-state index is 13.9. The van der Waals surface area contributed by atoms with E-state index in [2.05, 4.69) is 21.8 Å². The highest BCUT2D eigenvalue weighted by Gasteiger charge is 2.05. The van der Waals surface area contributed by atoms with Crippen LogP contribution in [0.4, 0.5) is 4.39 Å². The van der Waals surface area contributed by atoms with E-state index in [1.165, 1.54) is 23.9 Å². The number of rotatable bonds is 3. The Labute approximate surface area is 125 Å². The number of nitrogens with zero attached hydrogens (tertiary/aromatic N) is 1. The summed E-state index contributed by atoms with van der Waals surface area (Å²) >= 11 is 1.26. The van der Waals surface area contributed by atoms with Crippen molar-refractivity contribution in [2.75, 3.05) is 6.61 Å². The van der Waals surface area contributed by atoms with Crippen molar-refractivity contribution >= 4 is 11.8 Å². The summed E-state index contributed by atoms with van der Waals surface area (Å²) in [6.07, 6.45) is 0. The number of aryl methyl sites for hydroxylation is 1. The van der Waals surface area contributed by atoms with Gasteiger partial charge in [-0.05, 0) is 24.6 Å². The summed E-state index contributed by atoms with van der Waals surface area (Å²) in [5.74, 6) is 5.09. The number of hydrogen-bond acceptors (Lipinski definition) is 4. The number of H-pyrrole nitrogens is 1. The monoisotopic (exact) mass is 304 g/mol. The first-order chi connectivity index (χ1) is 10.1. The second kappa shape index (κ2) is 7.07. The number of aliphatic hydroxyl groups excluding tert-OH is 1. The van der Waals surface area contributed by atoms with Crippen LogP contribution in [-0.2, 0) is 5.75 Å². The molecule has 2 rings (SSSR count). The van der Waals surface area contributed by atoms with Gasteiger partial charge < -0.3 is 10.1 Å². The zero-order valence-electron chi connectivity index (χ0n) is 11.3. The second-order valence-electron chi connectivity index (χ2n) is 4.25. The average Bonchev–Trinajstić information content (AvgIpc) is 2.43. The van der Waals surface area contributed by atoms with Gasteiger partial charge in [0, 0.05) is 23.1 Å². The predicted molar refractivity (Wildman–Crippen MR) is 79.5 cm³/mol. The van der Waals surface area contributed by atoms with Crippen molar-refractivity contribution in [3.63, 3.8) is 0 Å². The molecule has 0 saturated carbocycles. The number of aromatic nitrogens is 2. The molecule has 0 radical (unpaired) electrons. The van der Waals surface area contributed by atoms with Crippen molar-refractivity contribution in [1.29, 1.82) is 0 Å². The van der Waals surface area contributed by atoms with E-state index in [1.807, 2.05) is 0 Å². The zero-order chi connectivity index (χ0) is 15.2. The summed E-state index contributed by atoms with van der Waals surface area (Å²) < 4.78 is 13.9. The Morgan fingerprint density at radius 3 is 2.90 bits per heavy atom. The normalized spacial score (nSPS) is 10.0. The highest BCUT2D eigenvalue weighted by molar-refractivity contribution is 7.98. The second-order valence-corrected chi connectivity index (χ2v) is 5.21. The van der Waals surface area contributed by atoms with Gasteiger partial charge in [-0.3, -0.25) is 4.79 Å². The van der Waals surface area contributed by atoms with E-state index in [1.54, 1.807) is 19.1 Å². The fraction of sp³-hybridized carbons (Fsp3) is 0.200. The van der Waals surface area contributed by atoms with Crippen molar-refractivity contribution in [2.24, 2.45) is 0 Å². The average molecular weight is 304 g/mol. The third-order valence-corrected chi connectivity index (χ3v) is 3.50. The van der Waals surface area contributed by atoms with Gasteiger partial charge >= 0.3 is 0 Å². The minimum atomic E-state index is -0.373. The number of nitrogens with one attached hydrogen (secondary N) is 1. The molecule has 0 unspecified atom stereocenters. The lowest BCUT2D eigenvalue weighted by atomic mass is 10.1. The topological polar surface area (TPSA) is 66.0 Å². The van der Waals surface area contributed by atoms with Crippen LogP contribution >= 0.6 is 11.8 Å². The Morgan fingerprint density at radius 2 is 2.24 bits per heavy atom. The van der Waals surface area contributed by atoms with E-state index in [0.29, 0.717) is 27.7 Å². The largest absolute Gasteiger partial charge is 0.384 e. The molecular formula is C15H13FN2O2S. The first kappa shape index (κ1) is 15.3. The summed E-state index contributed by atoms with van der Waals surface area (Å²) in [6.45, 7) is 1.47. The van der Waals surface area contributed by atoms with Crippen molar-refractivity contribution < 1.29 is 9.50 Å². The maximum Gasteiger partial charge on any atom is 0.251 e. The van der Waals surface area contributed by atoms with Crippen molar-refractivity contribution in [3.8, 4) is 11.8 Å². The van der Waals surface area contributed by atoms with Gasteiger partial charge in [0.2, 0.25) is 0 Å². The molecule has 0 amide bonds. The minimum absolute atomic E-state index is 0.222. The van der Waals surface area contributed by atoms with Crippen LogP contribution in [0.25, 0.3) is 0 Å². The quantitative estimate of drug-likeness (QED) is 0.516. The van der Waals surface area contributed by atoms with Crippen LogP contribution in [-0.4, -0.2) is 21.7 Å². The minimum Gasteiger partial charge on any atom is -0.384 e. The molecule has 21 heavy (non-hydrogen) atoms.